The topological polar surface area (TPSA) is 61.9 Å². The van der Waals surface area contributed by atoms with Crippen LogP contribution in [0.2, 0.25) is 0 Å². The molecule has 0 bridgehead atoms. The molecule has 1 saturated heterocycles. The summed E-state index contributed by atoms with van der Waals surface area (Å²) in [5, 5.41) is 2.99. The van der Waals surface area contributed by atoms with Crippen molar-refractivity contribution < 1.29 is 14.3 Å². The van der Waals surface area contributed by atoms with Gasteiger partial charge in [-0.15, -0.1) is 0 Å². The average Bonchev–Trinajstić information content (AvgIpc) is 2.66. The van der Waals surface area contributed by atoms with Crippen molar-refractivity contribution in [2.24, 2.45) is 5.92 Å². The van der Waals surface area contributed by atoms with E-state index in [-0.39, 0.29) is 24.5 Å². The van der Waals surface area contributed by atoms with Crippen LogP contribution < -0.4 is 5.32 Å². The van der Waals surface area contributed by atoms with E-state index in [9.17, 15) is 9.59 Å². The molecule has 1 aliphatic heterocycles. The van der Waals surface area contributed by atoms with Gasteiger partial charge in [-0.1, -0.05) is 37.3 Å². The van der Waals surface area contributed by atoms with Crippen LogP contribution in [0.1, 0.15) is 25.3 Å². The molecule has 0 saturated carbocycles. The quantitative estimate of drug-likeness (QED) is 0.820. The molecule has 6 nitrogen and oxygen atoms in total. The van der Waals surface area contributed by atoms with Crippen LogP contribution in [0, 0.1) is 5.92 Å². The van der Waals surface area contributed by atoms with Gasteiger partial charge in [0.25, 0.3) is 0 Å². The third-order valence-electron chi connectivity index (χ3n) is 4.66. The number of carbonyl (C=O) groups excluding carboxylic acids is 2. The maximum absolute atomic E-state index is 12.2. The molecule has 2 amide bonds. The molecule has 1 heterocycles. The Morgan fingerprint density at radius 1 is 1.24 bits per heavy atom. The summed E-state index contributed by atoms with van der Waals surface area (Å²) in [5.41, 5.74) is 0.974. The fourth-order valence-electron chi connectivity index (χ4n) is 2.81. The Bertz CT molecular complexity index is 542. The van der Waals surface area contributed by atoms with Crippen molar-refractivity contribution in [1.29, 1.82) is 0 Å². The van der Waals surface area contributed by atoms with E-state index in [1.54, 1.807) is 4.90 Å². The lowest BCUT2D eigenvalue weighted by Gasteiger charge is -2.30. The van der Waals surface area contributed by atoms with Gasteiger partial charge in [-0.3, -0.25) is 4.79 Å². The van der Waals surface area contributed by atoms with Gasteiger partial charge in [-0.2, -0.15) is 0 Å². The molecule has 0 unspecified atom stereocenters. The standard InChI is InChI=1S/C19H29N3O3/c1-3-21(2)14-11-20-18(23)17-9-12-22(13-10-17)19(24)25-15-16-7-5-4-6-8-16/h4-8,17H,3,9-15H2,1-2H3,(H,20,23). The first kappa shape index (κ1) is 19.2. The minimum absolute atomic E-state index is 0.00916. The second-order valence-corrected chi connectivity index (χ2v) is 6.49. The zero-order valence-corrected chi connectivity index (χ0v) is 15.2. The number of likely N-dealkylation sites (tertiary alicyclic amines) is 1. The molecule has 0 aliphatic carbocycles. The van der Waals surface area contributed by atoms with Crippen molar-refractivity contribution in [2.75, 3.05) is 39.8 Å². The number of benzene rings is 1. The molecule has 1 fully saturated rings. The molecule has 0 radical (unpaired) electrons. The third-order valence-corrected chi connectivity index (χ3v) is 4.66. The van der Waals surface area contributed by atoms with Gasteiger partial charge in [0.2, 0.25) is 5.91 Å². The van der Waals surface area contributed by atoms with E-state index < -0.39 is 0 Å². The van der Waals surface area contributed by atoms with Crippen LogP contribution in [-0.4, -0.2) is 61.6 Å². The predicted octanol–water partition coefficient (Wildman–Crippen LogP) is 2.10. The lowest BCUT2D eigenvalue weighted by molar-refractivity contribution is -0.126. The molecule has 6 heteroatoms. The number of ether oxygens (including phenoxy) is 1. The molecule has 25 heavy (non-hydrogen) atoms. The second-order valence-electron chi connectivity index (χ2n) is 6.49. The van der Waals surface area contributed by atoms with Crippen molar-refractivity contribution in [2.45, 2.75) is 26.4 Å². The highest BCUT2D eigenvalue weighted by atomic mass is 16.6. The van der Waals surface area contributed by atoms with Gasteiger partial charge in [-0.05, 0) is 32.0 Å². The summed E-state index contributed by atoms with van der Waals surface area (Å²) in [5.74, 6) is 0.0897. The van der Waals surface area contributed by atoms with Gasteiger partial charge >= 0.3 is 6.09 Å². The third kappa shape index (κ3) is 6.38. The van der Waals surface area contributed by atoms with E-state index in [0.29, 0.717) is 32.5 Å². The van der Waals surface area contributed by atoms with Gasteiger partial charge in [-0.25, -0.2) is 4.79 Å². The van der Waals surface area contributed by atoms with Gasteiger partial charge in [0.15, 0.2) is 0 Å². The molecular formula is C19H29N3O3. The van der Waals surface area contributed by atoms with E-state index in [1.807, 2.05) is 37.4 Å². The van der Waals surface area contributed by atoms with E-state index in [4.69, 9.17) is 4.74 Å². The molecule has 1 aromatic rings. The monoisotopic (exact) mass is 347 g/mol. The van der Waals surface area contributed by atoms with Crippen LogP contribution in [0.5, 0.6) is 0 Å². The Balaban J connectivity index is 1.66. The van der Waals surface area contributed by atoms with Crippen molar-refractivity contribution in [3.63, 3.8) is 0 Å². The first-order chi connectivity index (χ1) is 12.1. The van der Waals surface area contributed by atoms with Gasteiger partial charge in [0.05, 0.1) is 0 Å². The first-order valence-electron chi connectivity index (χ1n) is 9.02. The highest BCUT2D eigenvalue weighted by molar-refractivity contribution is 5.79. The number of nitrogens with zero attached hydrogens (tertiary/aromatic N) is 2. The summed E-state index contributed by atoms with van der Waals surface area (Å²) in [6, 6.07) is 9.64. The number of rotatable bonds is 7. The second kappa shape index (κ2) is 10.0. The lowest BCUT2D eigenvalue weighted by Crippen LogP contribution is -2.44. The molecule has 2 rings (SSSR count). The number of amides is 2. The Kier molecular flexibility index (Phi) is 7.73. The molecule has 0 spiro atoms. The fraction of sp³-hybridized carbons (Fsp3) is 0.579. The first-order valence-corrected chi connectivity index (χ1v) is 9.02. The van der Waals surface area contributed by atoms with Crippen LogP contribution in [0.3, 0.4) is 0 Å². The Morgan fingerprint density at radius 2 is 1.92 bits per heavy atom. The Hall–Kier alpha value is -2.08. The average molecular weight is 347 g/mol. The molecule has 1 aliphatic rings. The van der Waals surface area contributed by atoms with Gasteiger partial charge in [0.1, 0.15) is 6.61 Å². The van der Waals surface area contributed by atoms with Crippen molar-refractivity contribution in [3.8, 4) is 0 Å². The molecule has 1 aromatic carbocycles. The maximum Gasteiger partial charge on any atom is 0.410 e. The number of nitrogens with one attached hydrogen (secondary N) is 1. The zero-order chi connectivity index (χ0) is 18.1. The van der Waals surface area contributed by atoms with E-state index in [2.05, 4.69) is 17.1 Å². The number of hydrogen-bond acceptors (Lipinski definition) is 4. The van der Waals surface area contributed by atoms with Crippen molar-refractivity contribution in [3.05, 3.63) is 35.9 Å². The van der Waals surface area contributed by atoms with E-state index in [0.717, 1.165) is 18.7 Å². The normalized spacial score (nSPS) is 15.2. The van der Waals surface area contributed by atoms with Crippen LogP contribution in [0.25, 0.3) is 0 Å². The number of hydrogen-bond donors (Lipinski definition) is 1. The minimum Gasteiger partial charge on any atom is -0.445 e. The predicted molar refractivity (Wildman–Crippen MR) is 97.1 cm³/mol. The van der Waals surface area contributed by atoms with Crippen LogP contribution in [0.15, 0.2) is 30.3 Å². The largest absolute Gasteiger partial charge is 0.445 e. The molecule has 138 valence electrons. The fourth-order valence-corrected chi connectivity index (χ4v) is 2.81. The smallest absolute Gasteiger partial charge is 0.410 e. The van der Waals surface area contributed by atoms with Crippen molar-refractivity contribution in [1.82, 2.24) is 15.1 Å². The summed E-state index contributed by atoms with van der Waals surface area (Å²) in [7, 11) is 2.03. The van der Waals surface area contributed by atoms with Gasteiger partial charge in [0, 0.05) is 32.1 Å². The summed E-state index contributed by atoms with van der Waals surface area (Å²) in [6.45, 7) is 6.01. The summed E-state index contributed by atoms with van der Waals surface area (Å²) < 4.78 is 5.35. The molecule has 0 atom stereocenters. The Morgan fingerprint density at radius 3 is 2.56 bits per heavy atom. The SMILES string of the molecule is CCN(C)CCNC(=O)C1CCN(C(=O)OCc2ccccc2)CC1. The van der Waals surface area contributed by atoms with Gasteiger partial charge < -0.3 is 19.9 Å². The van der Waals surface area contributed by atoms with Crippen LogP contribution in [0.4, 0.5) is 4.79 Å². The Labute approximate surface area is 150 Å². The highest BCUT2D eigenvalue weighted by Crippen LogP contribution is 2.18. The molecule has 1 N–H and O–H groups in total. The number of carbonyl (C=O) groups is 2. The van der Waals surface area contributed by atoms with E-state index in [1.165, 1.54) is 0 Å². The summed E-state index contributed by atoms with van der Waals surface area (Å²) in [6.07, 6.45) is 1.08. The molecular weight excluding hydrogens is 318 g/mol. The van der Waals surface area contributed by atoms with E-state index >= 15 is 0 Å². The zero-order valence-electron chi connectivity index (χ0n) is 15.2. The summed E-state index contributed by atoms with van der Waals surface area (Å²) in [4.78, 5) is 28.2. The maximum atomic E-state index is 12.2. The summed E-state index contributed by atoms with van der Waals surface area (Å²) >= 11 is 0. The molecule has 0 aromatic heterocycles. The lowest BCUT2D eigenvalue weighted by atomic mass is 9.96. The number of piperidine rings is 1. The highest BCUT2D eigenvalue weighted by Gasteiger charge is 2.27. The number of likely N-dealkylation sites (N-methyl/N-ethyl adjacent to an activating group) is 1. The van der Waals surface area contributed by atoms with Crippen LogP contribution in [-0.2, 0) is 16.1 Å². The minimum atomic E-state index is -0.299. The van der Waals surface area contributed by atoms with Crippen LogP contribution >= 0.6 is 0 Å². The van der Waals surface area contributed by atoms with Crippen molar-refractivity contribution >= 4 is 12.0 Å².